The topological polar surface area (TPSA) is 50.2 Å². The lowest BCUT2D eigenvalue weighted by Gasteiger charge is -2.31. The summed E-state index contributed by atoms with van der Waals surface area (Å²) in [5, 5.41) is 3.63. The summed E-state index contributed by atoms with van der Waals surface area (Å²) in [6.07, 6.45) is 1.71. The third-order valence-corrected chi connectivity index (χ3v) is 5.84. The van der Waals surface area contributed by atoms with Crippen molar-refractivity contribution in [1.29, 1.82) is 0 Å². The molecule has 29 heavy (non-hydrogen) atoms. The molecule has 0 atom stereocenters. The van der Waals surface area contributed by atoms with Crippen molar-refractivity contribution in [3.63, 3.8) is 0 Å². The third kappa shape index (κ3) is 4.46. The second-order valence-electron chi connectivity index (χ2n) is 8.03. The fourth-order valence-corrected chi connectivity index (χ4v) is 4.34. The van der Waals surface area contributed by atoms with Gasteiger partial charge in [-0.3, -0.25) is 9.69 Å². The molecule has 3 aromatic rings. The number of benzene rings is 2. The fourth-order valence-electron chi connectivity index (χ4n) is 4.15. The highest BCUT2D eigenvalue weighted by Crippen LogP contribution is 2.25. The van der Waals surface area contributed by atoms with Crippen LogP contribution < -0.4 is 5.32 Å². The van der Waals surface area contributed by atoms with Gasteiger partial charge in [-0.25, -0.2) is 4.98 Å². The normalized spacial score (nSPS) is 15.9. The minimum Gasteiger partial charge on any atom is -0.326 e. The Morgan fingerprint density at radius 2 is 1.93 bits per heavy atom. The smallest absolute Gasteiger partial charge is 0.227 e. The molecule has 1 fully saturated rings. The number of likely N-dealkylation sites (tertiary alicyclic amines) is 1. The number of piperidine rings is 1. The molecule has 1 aliphatic heterocycles. The van der Waals surface area contributed by atoms with Gasteiger partial charge in [0.05, 0.1) is 17.6 Å². The van der Waals surface area contributed by atoms with Gasteiger partial charge < -0.3 is 9.88 Å². The molecule has 1 amide bonds. The summed E-state index contributed by atoms with van der Waals surface area (Å²) in [5.41, 5.74) is 3.00. The highest BCUT2D eigenvalue weighted by molar-refractivity contribution is 6.30. The van der Waals surface area contributed by atoms with E-state index in [1.807, 2.05) is 18.2 Å². The van der Waals surface area contributed by atoms with Gasteiger partial charge in [0.1, 0.15) is 5.82 Å². The first-order chi connectivity index (χ1) is 14.0. The predicted octanol–water partition coefficient (Wildman–Crippen LogP) is 5.12. The van der Waals surface area contributed by atoms with Crippen molar-refractivity contribution < 1.29 is 4.79 Å². The van der Waals surface area contributed by atoms with Crippen LogP contribution in [-0.2, 0) is 11.3 Å². The molecule has 1 aliphatic rings. The lowest BCUT2D eigenvalue weighted by Crippen LogP contribution is -2.38. The number of halogens is 1. The number of hydrogen-bond acceptors (Lipinski definition) is 3. The molecule has 0 spiro atoms. The van der Waals surface area contributed by atoms with E-state index in [1.54, 1.807) is 12.1 Å². The number of rotatable bonds is 5. The Balaban J connectivity index is 1.38. The zero-order chi connectivity index (χ0) is 20.4. The molecular formula is C23H27ClN4O. The van der Waals surface area contributed by atoms with E-state index in [1.165, 1.54) is 5.52 Å². The molecule has 0 unspecified atom stereocenters. The summed E-state index contributed by atoms with van der Waals surface area (Å²) >= 11 is 6.01. The number of aromatic nitrogens is 2. The van der Waals surface area contributed by atoms with Crippen LogP contribution in [0.3, 0.4) is 0 Å². The van der Waals surface area contributed by atoms with Gasteiger partial charge in [0.15, 0.2) is 0 Å². The number of imidazole rings is 1. The minimum absolute atomic E-state index is 0.0362. The molecule has 0 saturated carbocycles. The average Bonchev–Trinajstić information content (AvgIpc) is 3.06. The van der Waals surface area contributed by atoms with Gasteiger partial charge in [0.2, 0.25) is 5.91 Å². The first kappa shape index (κ1) is 19.9. The Bertz CT molecular complexity index is 1010. The second kappa shape index (κ2) is 8.56. The lowest BCUT2D eigenvalue weighted by molar-refractivity contribution is -0.121. The van der Waals surface area contributed by atoms with Gasteiger partial charge >= 0.3 is 0 Å². The quantitative estimate of drug-likeness (QED) is 0.635. The first-order valence-corrected chi connectivity index (χ1v) is 10.6. The van der Waals surface area contributed by atoms with Gasteiger partial charge in [-0.2, -0.15) is 0 Å². The molecule has 1 aromatic heterocycles. The molecule has 5 nitrogen and oxygen atoms in total. The van der Waals surface area contributed by atoms with Gasteiger partial charge in [0, 0.05) is 22.7 Å². The number of hydrogen-bond donors (Lipinski definition) is 1. The SMILES string of the molecule is CC(C)n1c(CN2CCC(C(=O)Nc3cccc(Cl)c3)CC2)nc2ccccc21. The van der Waals surface area contributed by atoms with Crippen LogP contribution in [0.1, 0.15) is 38.6 Å². The van der Waals surface area contributed by atoms with E-state index in [0.717, 1.165) is 49.5 Å². The van der Waals surface area contributed by atoms with Gasteiger partial charge in [-0.15, -0.1) is 0 Å². The van der Waals surface area contributed by atoms with Gasteiger partial charge in [-0.05, 0) is 70.1 Å². The van der Waals surface area contributed by atoms with E-state index in [9.17, 15) is 4.79 Å². The number of carbonyl (C=O) groups excluding carboxylic acids is 1. The maximum atomic E-state index is 12.6. The zero-order valence-electron chi connectivity index (χ0n) is 16.9. The Hall–Kier alpha value is -2.37. The van der Waals surface area contributed by atoms with Crippen LogP contribution in [0.5, 0.6) is 0 Å². The Morgan fingerprint density at radius 3 is 2.66 bits per heavy atom. The predicted molar refractivity (Wildman–Crippen MR) is 118 cm³/mol. The summed E-state index contributed by atoms with van der Waals surface area (Å²) in [5.74, 6) is 1.22. The number of anilines is 1. The molecular weight excluding hydrogens is 384 g/mol. The van der Waals surface area contributed by atoms with Crippen LogP contribution in [0.4, 0.5) is 5.69 Å². The largest absolute Gasteiger partial charge is 0.326 e. The molecule has 2 aromatic carbocycles. The number of para-hydroxylation sites is 2. The standard InChI is InChI=1S/C23H27ClN4O/c1-16(2)28-21-9-4-3-8-20(21)26-22(28)15-27-12-10-17(11-13-27)23(29)25-19-7-5-6-18(24)14-19/h3-9,14,16-17H,10-13,15H2,1-2H3,(H,25,29). The van der Waals surface area contributed by atoms with Crippen molar-refractivity contribution >= 4 is 34.2 Å². The molecule has 0 aliphatic carbocycles. The van der Waals surface area contributed by atoms with Crippen molar-refractivity contribution in [2.24, 2.45) is 5.92 Å². The second-order valence-corrected chi connectivity index (χ2v) is 8.47. The maximum Gasteiger partial charge on any atom is 0.227 e. The Kier molecular flexibility index (Phi) is 5.88. The van der Waals surface area contributed by atoms with Crippen molar-refractivity contribution in [3.05, 3.63) is 59.4 Å². The molecule has 0 bridgehead atoms. The van der Waals surface area contributed by atoms with Gasteiger partial charge in [0.25, 0.3) is 0 Å². The molecule has 1 N–H and O–H groups in total. The molecule has 4 rings (SSSR count). The van der Waals surface area contributed by atoms with Crippen molar-refractivity contribution in [2.45, 2.75) is 39.3 Å². The molecule has 6 heteroatoms. The van der Waals surface area contributed by atoms with Crippen molar-refractivity contribution in [3.8, 4) is 0 Å². The molecule has 1 saturated heterocycles. The van der Waals surface area contributed by atoms with Crippen LogP contribution in [-0.4, -0.2) is 33.4 Å². The third-order valence-electron chi connectivity index (χ3n) is 5.60. The highest BCUT2D eigenvalue weighted by atomic mass is 35.5. The summed E-state index contributed by atoms with van der Waals surface area (Å²) in [6, 6.07) is 16.0. The van der Waals surface area contributed by atoms with E-state index in [0.29, 0.717) is 11.1 Å². The van der Waals surface area contributed by atoms with Gasteiger partial charge in [-0.1, -0.05) is 29.8 Å². The number of nitrogens with zero attached hydrogens (tertiary/aromatic N) is 3. The van der Waals surface area contributed by atoms with E-state index < -0.39 is 0 Å². The maximum absolute atomic E-state index is 12.6. The number of carbonyl (C=O) groups is 1. The van der Waals surface area contributed by atoms with Crippen molar-refractivity contribution in [2.75, 3.05) is 18.4 Å². The monoisotopic (exact) mass is 410 g/mol. The summed E-state index contributed by atoms with van der Waals surface area (Å²) in [7, 11) is 0. The van der Waals surface area contributed by atoms with E-state index in [4.69, 9.17) is 16.6 Å². The summed E-state index contributed by atoms with van der Waals surface area (Å²) in [4.78, 5) is 19.9. The van der Waals surface area contributed by atoms with E-state index in [2.05, 4.69) is 46.8 Å². The summed E-state index contributed by atoms with van der Waals surface area (Å²) < 4.78 is 2.33. The lowest BCUT2D eigenvalue weighted by atomic mass is 9.96. The number of amides is 1. The zero-order valence-corrected chi connectivity index (χ0v) is 17.7. The number of nitrogens with one attached hydrogen (secondary N) is 1. The van der Waals surface area contributed by atoms with E-state index >= 15 is 0 Å². The van der Waals surface area contributed by atoms with Crippen molar-refractivity contribution in [1.82, 2.24) is 14.5 Å². The van der Waals surface area contributed by atoms with Crippen LogP contribution in [0.2, 0.25) is 5.02 Å². The fraction of sp³-hybridized carbons (Fsp3) is 0.391. The Morgan fingerprint density at radius 1 is 1.17 bits per heavy atom. The first-order valence-electron chi connectivity index (χ1n) is 10.3. The molecule has 152 valence electrons. The van der Waals surface area contributed by atoms with E-state index in [-0.39, 0.29) is 11.8 Å². The van der Waals surface area contributed by atoms with Crippen LogP contribution in [0.15, 0.2) is 48.5 Å². The molecule has 2 heterocycles. The highest BCUT2D eigenvalue weighted by Gasteiger charge is 2.26. The van der Waals surface area contributed by atoms with Crippen LogP contribution >= 0.6 is 11.6 Å². The average molecular weight is 411 g/mol. The Labute approximate surface area is 176 Å². The summed E-state index contributed by atoms with van der Waals surface area (Å²) in [6.45, 7) is 7.01. The van der Waals surface area contributed by atoms with Crippen LogP contribution in [0, 0.1) is 5.92 Å². The molecule has 0 radical (unpaired) electrons. The number of fused-ring (bicyclic) bond motifs is 1. The van der Waals surface area contributed by atoms with Crippen LogP contribution in [0.25, 0.3) is 11.0 Å². The minimum atomic E-state index is 0.0362.